The van der Waals surface area contributed by atoms with Crippen LogP contribution in [-0.2, 0) is 13.0 Å². The first-order valence-corrected chi connectivity index (χ1v) is 10.5. The molecule has 0 unspecified atom stereocenters. The minimum absolute atomic E-state index is 0. The minimum atomic E-state index is 0. The molecule has 28 heavy (non-hydrogen) atoms. The van der Waals surface area contributed by atoms with Crippen molar-refractivity contribution in [3.8, 4) is 16.3 Å². The van der Waals surface area contributed by atoms with Gasteiger partial charge in [0.05, 0.1) is 22.7 Å². The lowest BCUT2D eigenvalue weighted by Crippen LogP contribution is -2.37. The van der Waals surface area contributed by atoms with Crippen LogP contribution in [0.1, 0.15) is 15.4 Å². The molecule has 0 aliphatic carbocycles. The van der Waals surface area contributed by atoms with Gasteiger partial charge in [-0.3, -0.25) is 4.99 Å². The molecule has 0 saturated carbocycles. The van der Waals surface area contributed by atoms with E-state index in [0.29, 0.717) is 6.54 Å². The van der Waals surface area contributed by atoms with Crippen molar-refractivity contribution in [3.63, 3.8) is 0 Å². The second kappa shape index (κ2) is 11.4. The van der Waals surface area contributed by atoms with Crippen LogP contribution < -0.4 is 15.4 Å². The summed E-state index contributed by atoms with van der Waals surface area (Å²) in [5, 5.41) is 9.93. The summed E-state index contributed by atoms with van der Waals surface area (Å²) in [7, 11) is 3.47. The Morgan fingerprint density at radius 3 is 2.71 bits per heavy atom. The summed E-state index contributed by atoms with van der Waals surface area (Å²) in [6, 6.07) is 12.3. The van der Waals surface area contributed by atoms with E-state index < -0.39 is 0 Å². The van der Waals surface area contributed by atoms with Crippen molar-refractivity contribution in [3.05, 3.63) is 57.2 Å². The Kier molecular flexibility index (Phi) is 9.20. The summed E-state index contributed by atoms with van der Waals surface area (Å²) in [6.07, 6.45) is 0.948. The van der Waals surface area contributed by atoms with E-state index in [9.17, 15) is 0 Å². The maximum absolute atomic E-state index is 5.39. The molecule has 1 aromatic carbocycles. The molecule has 0 aliphatic rings. The zero-order valence-corrected chi connectivity index (χ0v) is 20.2. The maximum Gasteiger partial charge on any atom is 0.191 e. The molecule has 0 amide bonds. The number of aromatic nitrogens is 1. The number of benzene rings is 1. The predicted molar refractivity (Wildman–Crippen MR) is 130 cm³/mol. The van der Waals surface area contributed by atoms with Gasteiger partial charge in [-0.25, -0.2) is 4.98 Å². The van der Waals surface area contributed by atoms with Gasteiger partial charge < -0.3 is 15.4 Å². The van der Waals surface area contributed by atoms with Crippen LogP contribution >= 0.6 is 46.7 Å². The molecule has 3 rings (SSSR count). The van der Waals surface area contributed by atoms with Gasteiger partial charge in [0.15, 0.2) is 5.96 Å². The van der Waals surface area contributed by atoms with Crippen LogP contribution in [0.25, 0.3) is 10.6 Å². The predicted octanol–water partition coefficient (Wildman–Crippen LogP) is 4.71. The fourth-order valence-corrected chi connectivity index (χ4v) is 4.33. The topological polar surface area (TPSA) is 58.5 Å². The van der Waals surface area contributed by atoms with Crippen molar-refractivity contribution in [2.45, 2.75) is 19.9 Å². The number of thiazole rings is 1. The average molecular weight is 528 g/mol. The molecular weight excluding hydrogens is 503 g/mol. The van der Waals surface area contributed by atoms with Crippen LogP contribution in [0.4, 0.5) is 0 Å². The lowest BCUT2D eigenvalue weighted by Gasteiger charge is -2.13. The number of halogens is 1. The second-order valence-corrected chi connectivity index (χ2v) is 8.16. The van der Waals surface area contributed by atoms with Crippen LogP contribution in [0.2, 0.25) is 0 Å². The number of aryl methyl sites for hydroxylation is 1. The molecule has 3 aromatic rings. The first-order chi connectivity index (χ1) is 13.2. The van der Waals surface area contributed by atoms with Gasteiger partial charge >= 0.3 is 0 Å². The van der Waals surface area contributed by atoms with E-state index in [0.717, 1.165) is 40.9 Å². The highest BCUT2D eigenvalue weighted by Gasteiger charge is 2.07. The Labute approximate surface area is 191 Å². The van der Waals surface area contributed by atoms with E-state index in [1.165, 1.54) is 9.75 Å². The summed E-state index contributed by atoms with van der Waals surface area (Å²) in [5.41, 5.74) is 2.18. The molecule has 150 valence electrons. The molecule has 0 spiro atoms. The molecular formula is C20H25IN4OS2. The molecule has 2 heterocycles. The number of methoxy groups -OCH3 is 1. The number of para-hydroxylation sites is 1. The van der Waals surface area contributed by atoms with Crippen molar-refractivity contribution >= 4 is 52.6 Å². The highest BCUT2D eigenvalue weighted by Crippen LogP contribution is 2.29. The number of ether oxygens (including phenoxy) is 1. The van der Waals surface area contributed by atoms with E-state index in [1.54, 1.807) is 36.8 Å². The minimum Gasteiger partial charge on any atom is -0.496 e. The van der Waals surface area contributed by atoms with Gasteiger partial charge in [-0.05, 0) is 31.5 Å². The Bertz CT molecular complexity index is 907. The zero-order chi connectivity index (χ0) is 19.1. The van der Waals surface area contributed by atoms with E-state index in [2.05, 4.69) is 38.1 Å². The summed E-state index contributed by atoms with van der Waals surface area (Å²) in [4.78, 5) is 11.4. The van der Waals surface area contributed by atoms with Gasteiger partial charge in [0.25, 0.3) is 0 Å². The quantitative estimate of drug-likeness (QED) is 0.265. The number of nitrogens with one attached hydrogen (secondary N) is 2. The molecule has 0 bridgehead atoms. The summed E-state index contributed by atoms with van der Waals surface area (Å²) in [6.45, 7) is 3.52. The van der Waals surface area contributed by atoms with Crippen molar-refractivity contribution in [1.82, 2.24) is 15.6 Å². The molecule has 8 heteroatoms. The normalized spacial score (nSPS) is 11.0. The maximum atomic E-state index is 5.39. The van der Waals surface area contributed by atoms with E-state index >= 15 is 0 Å². The zero-order valence-electron chi connectivity index (χ0n) is 16.2. The van der Waals surface area contributed by atoms with Crippen LogP contribution in [0.5, 0.6) is 5.75 Å². The summed E-state index contributed by atoms with van der Waals surface area (Å²) >= 11 is 3.49. The summed E-state index contributed by atoms with van der Waals surface area (Å²) in [5.74, 6) is 1.66. The Balaban J connectivity index is 0.00000280. The van der Waals surface area contributed by atoms with E-state index in [1.807, 2.05) is 31.2 Å². The number of guanidine groups is 1. The third kappa shape index (κ3) is 6.18. The van der Waals surface area contributed by atoms with Crippen molar-refractivity contribution in [1.29, 1.82) is 0 Å². The molecule has 0 radical (unpaired) electrons. The monoisotopic (exact) mass is 528 g/mol. The third-order valence-corrected chi connectivity index (χ3v) is 6.00. The van der Waals surface area contributed by atoms with Gasteiger partial charge in [0, 0.05) is 36.0 Å². The van der Waals surface area contributed by atoms with Crippen LogP contribution in [0, 0.1) is 6.92 Å². The van der Waals surface area contributed by atoms with Gasteiger partial charge in [-0.2, -0.15) is 0 Å². The van der Waals surface area contributed by atoms with E-state index in [4.69, 9.17) is 4.74 Å². The number of hydrogen-bond acceptors (Lipinski definition) is 5. The molecule has 2 aromatic heterocycles. The first kappa shape index (κ1) is 22.6. The largest absolute Gasteiger partial charge is 0.496 e. The molecule has 0 saturated heterocycles. The Hall–Kier alpha value is -1.65. The second-order valence-electron chi connectivity index (χ2n) is 5.93. The summed E-state index contributed by atoms with van der Waals surface area (Å²) < 4.78 is 5.39. The standard InChI is InChI=1S/C20H24N4OS2.HI/c1-14-24-17(13-26-14)19-9-8-16(27-19)10-11-22-20(21-2)23-12-15-6-4-5-7-18(15)25-3;/h4-9,13H,10-12H2,1-3H3,(H2,21,22,23);1H. The lowest BCUT2D eigenvalue weighted by atomic mass is 10.2. The van der Waals surface area contributed by atoms with Gasteiger partial charge in [0.1, 0.15) is 5.75 Å². The fourth-order valence-electron chi connectivity index (χ4n) is 2.68. The van der Waals surface area contributed by atoms with Crippen LogP contribution in [0.3, 0.4) is 0 Å². The number of thiophene rings is 1. The highest BCUT2D eigenvalue weighted by atomic mass is 127. The van der Waals surface area contributed by atoms with Crippen LogP contribution in [-0.4, -0.2) is 31.6 Å². The van der Waals surface area contributed by atoms with Gasteiger partial charge in [-0.15, -0.1) is 46.7 Å². The average Bonchev–Trinajstić information content (AvgIpc) is 3.33. The third-order valence-electron chi connectivity index (χ3n) is 4.06. The van der Waals surface area contributed by atoms with Gasteiger partial charge in [-0.1, -0.05) is 18.2 Å². The van der Waals surface area contributed by atoms with Crippen molar-refractivity contribution < 1.29 is 4.74 Å². The Morgan fingerprint density at radius 1 is 1.18 bits per heavy atom. The Morgan fingerprint density at radius 2 is 2.00 bits per heavy atom. The lowest BCUT2D eigenvalue weighted by molar-refractivity contribution is 0.409. The van der Waals surface area contributed by atoms with Gasteiger partial charge in [0.2, 0.25) is 0 Å². The van der Waals surface area contributed by atoms with E-state index in [-0.39, 0.29) is 24.0 Å². The van der Waals surface area contributed by atoms with Crippen LogP contribution in [0.15, 0.2) is 46.8 Å². The number of nitrogens with zero attached hydrogens (tertiary/aromatic N) is 2. The SMILES string of the molecule is CN=C(NCCc1ccc(-c2csc(C)n2)s1)NCc1ccccc1OC.I. The molecule has 2 N–H and O–H groups in total. The number of hydrogen-bond donors (Lipinski definition) is 2. The molecule has 0 aliphatic heterocycles. The van der Waals surface area contributed by atoms with Crippen molar-refractivity contribution in [2.75, 3.05) is 20.7 Å². The smallest absolute Gasteiger partial charge is 0.191 e. The molecule has 5 nitrogen and oxygen atoms in total. The molecule has 0 fully saturated rings. The first-order valence-electron chi connectivity index (χ1n) is 8.77. The number of aliphatic imine (C=N–C) groups is 1. The molecule has 0 atom stereocenters. The fraction of sp³-hybridized carbons (Fsp3) is 0.300. The number of rotatable bonds is 7. The highest BCUT2D eigenvalue weighted by molar-refractivity contribution is 14.0. The van der Waals surface area contributed by atoms with Crippen molar-refractivity contribution in [2.24, 2.45) is 4.99 Å².